The lowest BCUT2D eigenvalue weighted by atomic mass is 10.1. The average molecular weight is 391 g/mol. The zero-order valence-electron chi connectivity index (χ0n) is 15.9. The van der Waals surface area contributed by atoms with Gasteiger partial charge >= 0.3 is 0 Å². The number of hydrogen-bond donors (Lipinski definition) is 1. The van der Waals surface area contributed by atoms with Crippen molar-refractivity contribution >= 4 is 11.5 Å². The van der Waals surface area contributed by atoms with E-state index in [9.17, 15) is 9.18 Å². The molecule has 0 fully saturated rings. The highest BCUT2D eigenvalue weighted by atomic mass is 19.1. The lowest BCUT2D eigenvalue weighted by Gasteiger charge is -2.06. The van der Waals surface area contributed by atoms with Gasteiger partial charge in [-0.05, 0) is 60.7 Å². The van der Waals surface area contributed by atoms with Crippen molar-refractivity contribution in [2.75, 3.05) is 18.6 Å². The topological polar surface area (TPSA) is 47.6 Å². The molecule has 0 spiro atoms. The van der Waals surface area contributed by atoms with Gasteiger partial charge < -0.3 is 14.8 Å². The smallest absolute Gasteiger partial charge is 0.187 e. The third-order valence-corrected chi connectivity index (χ3v) is 4.00. The summed E-state index contributed by atoms with van der Waals surface area (Å²) in [5.74, 6) is 2.00. The minimum Gasteiger partial charge on any atom is -0.493 e. The van der Waals surface area contributed by atoms with Gasteiger partial charge in [-0.1, -0.05) is 18.2 Å². The van der Waals surface area contributed by atoms with Crippen LogP contribution in [0.25, 0.3) is 0 Å². The molecular formula is C24H22FNO3. The average Bonchev–Trinajstić information content (AvgIpc) is 2.76. The van der Waals surface area contributed by atoms with Crippen molar-refractivity contribution in [2.24, 2.45) is 0 Å². The van der Waals surface area contributed by atoms with Gasteiger partial charge in [0.1, 0.15) is 17.2 Å². The Bertz CT molecular complexity index is 923. The number of para-hydroxylation sites is 1. The molecule has 29 heavy (non-hydrogen) atoms. The summed E-state index contributed by atoms with van der Waals surface area (Å²) in [5, 5.41) is 3.06. The standard InChI is InChI=1S/C24H22FNO3/c25-16-4-18-28-21-11-7-19(8-12-21)24(27)15-17-26-20-9-13-23(14-10-20)29-22-5-2-1-3-6-22/h1-3,5-15,17,26H,4,16,18H2/b17-15+. The number of carbonyl (C=O) groups is 1. The molecule has 0 bridgehead atoms. The molecule has 3 rings (SSSR count). The van der Waals surface area contributed by atoms with E-state index < -0.39 is 6.67 Å². The number of ketones is 1. The van der Waals surface area contributed by atoms with Gasteiger partial charge in [0.05, 0.1) is 13.3 Å². The first kappa shape index (κ1) is 20.1. The van der Waals surface area contributed by atoms with Crippen LogP contribution in [0.2, 0.25) is 0 Å². The van der Waals surface area contributed by atoms with E-state index >= 15 is 0 Å². The van der Waals surface area contributed by atoms with Crippen LogP contribution in [0.1, 0.15) is 16.8 Å². The maximum absolute atomic E-state index is 12.2. The van der Waals surface area contributed by atoms with Crippen molar-refractivity contribution in [3.8, 4) is 17.2 Å². The summed E-state index contributed by atoms with van der Waals surface area (Å²) in [6, 6.07) is 23.8. The Morgan fingerprint density at radius 3 is 2.21 bits per heavy atom. The van der Waals surface area contributed by atoms with Gasteiger partial charge in [-0.25, -0.2) is 0 Å². The summed E-state index contributed by atoms with van der Waals surface area (Å²) in [5.41, 5.74) is 1.39. The quantitative estimate of drug-likeness (QED) is 0.261. The van der Waals surface area contributed by atoms with E-state index in [0.717, 1.165) is 17.2 Å². The van der Waals surface area contributed by atoms with Crippen LogP contribution in [0.4, 0.5) is 10.1 Å². The zero-order valence-corrected chi connectivity index (χ0v) is 15.9. The summed E-state index contributed by atoms with van der Waals surface area (Å²) in [7, 11) is 0. The van der Waals surface area contributed by atoms with Crippen LogP contribution in [0.5, 0.6) is 17.2 Å². The van der Waals surface area contributed by atoms with Crippen LogP contribution in [-0.2, 0) is 0 Å². The number of allylic oxidation sites excluding steroid dienone is 1. The highest BCUT2D eigenvalue weighted by Crippen LogP contribution is 2.22. The fourth-order valence-electron chi connectivity index (χ4n) is 2.51. The lowest BCUT2D eigenvalue weighted by molar-refractivity contribution is 0.104. The molecule has 5 heteroatoms. The summed E-state index contributed by atoms with van der Waals surface area (Å²) < 4.78 is 23.2. The van der Waals surface area contributed by atoms with Gasteiger partial charge in [0.25, 0.3) is 0 Å². The van der Waals surface area contributed by atoms with Crippen LogP contribution in [-0.4, -0.2) is 19.1 Å². The number of rotatable bonds is 10. The van der Waals surface area contributed by atoms with Crippen molar-refractivity contribution in [1.82, 2.24) is 0 Å². The largest absolute Gasteiger partial charge is 0.493 e. The van der Waals surface area contributed by atoms with Crippen molar-refractivity contribution in [3.05, 3.63) is 96.7 Å². The number of alkyl halides is 1. The first-order valence-electron chi connectivity index (χ1n) is 9.34. The fourth-order valence-corrected chi connectivity index (χ4v) is 2.51. The third kappa shape index (κ3) is 6.50. The molecule has 3 aromatic rings. The van der Waals surface area contributed by atoms with Crippen LogP contribution in [0.3, 0.4) is 0 Å². The number of nitrogens with one attached hydrogen (secondary N) is 1. The number of hydrogen-bond acceptors (Lipinski definition) is 4. The van der Waals surface area contributed by atoms with Gasteiger partial charge in [-0.15, -0.1) is 0 Å². The number of anilines is 1. The molecule has 148 valence electrons. The SMILES string of the molecule is O=C(/C=C/Nc1ccc(Oc2ccccc2)cc1)c1ccc(OCCCF)cc1. The molecule has 0 atom stereocenters. The molecule has 0 radical (unpaired) electrons. The second kappa shape index (κ2) is 10.7. The normalized spacial score (nSPS) is 10.7. The van der Waals surface area contributed by atoms with E-state index in [1.165, 1.54) is 6.08 Å². The van der Waals surface area contributed by atoms with Crippen molar-refractivity contribution in [2.45, 2.75) is 6.42 Å². The molecule has 0 saturated carbocycles. The number of ether oxygens (including phenoxy) is 2. The summed E-state index contributed by atoms with van der Waals surface area (Å²) in [6.07, 6.45) is 3.42. The van der Waals surface area contributed by atoms with Gasteiger partial charge in [0, 0.05) is 29.9 Å². The minimum absolute atomic E-state index is 0.128. The van der Waals surface area contributed by atoms with Crippen molar-refractivity contribution in [3.63, 3.8) is 0 Å². The monoisotopic (exact) mass is 391 g/mol. The molecular weight excluding hydrogens is 369 g/mol. The Kier molecular flexibility index (Phi) is 7.41. The number of carbonyl (C=O) groups excluding carboxylic acids is 1. The van der Waals surface area contributed by atoms with Gasteiger partial charge in [0.2, 0.25) is 0 Å². The lowest BCUT2D eigenvalue weighted by Crippen LogP contribution is -1.99. The molecule has 4 nitrogen and oxygen atoms in total. The van der Waals surface area contributed by atoms with E-state index in [1.807, 2.05) is 54.6 Å². The summed E-state index contributed by atoms with van der Waals surface area (Å²) >= 11 is 0. The highest BCUT2D eigenvalue weighted by Gasteiger charge is 2.02. The Morgan fingerprint density at radius 1 is 0.862 bits per heavy atom. The maximum atomic E-state index is 12.2. The van der Waals surface area contributed by atoms with Crippen LogP contribution in [0, 0.1) is 0 Å². The Morgan fingerprint density at radius 2 is 1.52 bits per heavy atom. The van der Waals surface area contributed by atoms with E-state index in [1.54, 1.807) is 30.5 Å². The molecule has 0 heterocycles. The Hall–Kier alpha value is -3.60. The zero-order chi connectivity index (χ0) is 20.3. The van der Waals surface area contributed by atoms with E-state index in [-0.39, 0.29) is 5.78 Å². The van der Waals surface area contributed by atoms with Crippen LogP contribution >= 0.6 is 0 Å². The van der Waals surface area contributed by atoms with E-state index in [2.05, 4.69) is 5.32 Å². The van der Waals surface area contributed by atoms with Crippen LogP contribution < -0.4 is 14.8 Å². The van der Waals surface area contributed by atoms with E-state index in [0.29, 0.717) is 24.3 Å². The van der Waals surface area contributed by atoms with Gasteiger partial charge in [-0.3, -0.25) is 9.18 Å². The van der Waals surface area contributed by atoms with Gasteiger partial charge in [-0.2, -0.15) is 0 Å². The van der Waals surface area contributed by atoms with Crippen molar-refractivity contribution < 1.29 is 18.7 Å². The second-order valence-corrected chi connectivity index (χ2v) is 6.20. The molecule has 0 aromatic heterocycles. The summed E-state index contributed by atoms with van der Waals surface area (Å²) in [4.78, 5) is 12.2. The molecule has 0 unspecified atom stereocenters. The molecule has 0 aliphatic carbocycles. The Labute approximate surface area is 169 Å². The molecule has 3 aromatic carbocycles. The number of benzene rings is 3. The predicted molar refractivity (Wildman–Crippen MR) is 113 cm³/mol. The third-order valence-electron chi connectivity index (χ3n) is 4.00. The van der Waals surface area contributed by atoms with Crippen molar-refractivity contribution in [1.29, 1.82) is 0 Å². The molecule has 0 aliphatic rings. The number of halogens is 1. The summed E-state index contributed by atoms with van der Waals surface area (Å²) in [6.45, 7) is -0.0834. The molecule has 0 saturated heterocycles. The fraction of sp³-hybridized carbons (Fsp3) is 0.125. The molecule has 1 N–H and O–H groups in total. The molecule has 0 aliphatic heterocycles. The minimum atomic E-state index is -0.406. The first-order valence-corrected chi connectivity index (χ1v) is 9.34. The first-order chi connectivity index (χ1) is 14.2. The maximum Gasteiger partial charge on any atom is 0.187 e. The second-order valence-electron chi connectivity index (χ2n) is 6.20. The molecule has 0 amide bonds. The Balaban J connectivity index is 1.49. The predicted octanol–water partition coefficient (Wildman–Crippen LogP) is 6.03. The highest BCUT2D eigenvalue weighted by molar-refractivity contribution is 6.04. The van der Waals surface area contributed by atoms with E-state index in [4.69, 9.17) is 9.47 Å². The van der Waals surface area contributed by atoms with Crippen LogP contribution in [0.15, 0.2) is 91.1 Å². The van der Waals surface area contributed by atoms with Gasteiger partial charge in [0.15, 0.2) is 5.78 Å².